The molecule has 10 aromatic carbocycles. The number of hydrogen-bond donors (Lipinski definition) is 0. The molecule has 0 amide bonds. The fourth-order valence-electron chi connectivity index (χ4n) is 9.55. The normalized spacial score (nSPS) is 11.9. The van der Waals surface area contributed by atoms with Gasteiger partial charge in [-0.25, -0.2) is 0 Å². The summed E-state index contributed by atoms with van der Waals surface area (Å²) < 4.78 is 13.8. The fourth-order valence-corrected chi connectivity index (χ4v) is 9.55. The van der Waals surface area contributed by atoms with E-state index in [2.05, 4.69) is 186 Å². The van der Waals surface area contributed by atoms with Crippen LogP contribution < -0.4 is 19.3 Å². The molecule has 0 atom stereocenters. The van der Waals surface area contributed by atoms with E-state index in [-0.39, 0.29) is 0 Å². The number of ether oxygens (including phenoxy) is 2. The van der Waals surface area contributed by atoms with Gasteiger partial charge in [-0.2, -0.15) is 5.26 Å². The summed E-state index contributed by atoms with van der Waals surface area (Å²) >= 11 is 0. The number of fused-ring (bicyclic) bond motifs is 5. The summed E-state index contributed by atoms with van der Waals surface area (Å²) in [5, 5.41) is 14.4. The molecule has 310 valence electrons. The van der Waals surface area contributed by atoms with Crippen molar-refractivity contribution >= 4 is 61.7 Å². The Kier molecular flexibility index (Phi) is 9.29. The summed E-state index contributed by atoms with van der Waals surface area (Å²) in [6.45, 7) is 3.83. The highest BCUT2D eigenvalue weighted by Crippen LogP contribution is 2.56. The topological polar surface area (TPSA) is 48.7 Å². The molecular formula is C61H39N3O2. The van der Waals surface area contributed by atoms with Crippen LogP contribution in [0.1, 0.15) is 11.1 Å². The fraction of sp³-hybridized carbons (Fsp3) is 0. The van der Waals surface area contributed by atoms with Crippen LogP contribution >= 0.6 is 0 Å². The number of allylic oxidation sites excluding steroid dienone is 2. The number of para-hydroxylation sites is 2. The highest BCUT2D eigenvalue weighted by atomic mass is 16.5. The van der Waals surface area contributed by atoms with Gasteiger partial charge in [-0.05, 0) is 142 Å². The van der Waals surface area contributed by atoms with Crippen molar-refractivity contribution in [3.63, 3.8) is 0 Å². The van der Waals surface area contributed by atoms with Crippen LogP contribution in [0.5, 0.6) is 23.0 Å². The Balaban J connectivity index is 0.971. The lowest BCUT2D eigenvalue weighted by Gasteiger charge is -2.31. The largest absolute Gasteiger partial charge is 0.456 e. The van der Waals surface area contributed by atoms with Crippen molar-refractivity contribution in [2.24, 2.45) is 0 Å². The smallest absolute Gasteiger partial charge is 0.137 e. The number of rotatable bonds is 9. The molecular weight excluding hydrogens is 807 g/mol. The van der Waals surface area contributed by atoms with E-state index in [1.807, 2.05) is 54.6 Å². The predicted molar refractivity (Wildman–Crippen MR) is 271 cm³/mol. The molecule has 0 bridgehead atoms. The molecule has 0 unspecified atom stereocenters. The number of nitriles is 1. The Labute approximate surface area is 383 Å². The van der Waals surface area contributed by atoms with Gasteiger partial charge in [0.25, 0.3) is 0 Å². The van der Waals surface area contributed by atoms with Crippen LogP contribution in [0.4, 0.5) is 34.1 Å². The molecule has 12 rings (SSSR count). The first kappa shape index (κ1) is 38.6. The van der Waals surface area contributed by atoms with Crippen molar-refractivity contribution in [1.29, 1.82) is 5.26 Å². The van der Waals surface area contributed by atoms with E-state index in [9.17, 15) is 5.26 Å². The Morgan fingerprint density at radius 1 is 0.424 bits per heavy atom. The Bertz CT molecular complexity index is 3590. The quantitative estimate of drug-likeness (QED) is 0.135. The van der Waals surface area contributed by atoms with E-state index in [1.165, 1.54) is 0 Å². The van der Waals surface area contributed by atoms with E-state index in [0.717, 1.165) is 118 Å². The lowest BCUT2D eigenvalue weighted by Crippen LogP contribution is -2.12. The van der Waals surface area contributed by atoms with Crippen molar-refractivity contribution in [2.45, 2.75) is 0 Å². The monoisotopic (exact) mass is 845 g/mol. The minimum atomic E-state index is 0.593. The third-order valence-corrected chi connectivity index (χ3v) is 12.6. The van der Waals surface area contributed by atoms with E-state index in [0.29, 0.717) is 5.56 Å². The second-order valence-electron chi connectivity index (χ2n) is 16.5. The lowest BCUT2D eigenvalue weighted by atomic mass is 9.88. The average molecular weight is 846 g/mol. The van der Waals surface area contributed by atoms with E-state index in [1.54, 1.807) is 6.08 Å². The van der Waals surface area contributed by atoms with Crippen LogP contribution in [0.15, 0.2) is 225 Å². The molecule has 2 aliphatic heterocycles. The molecule has 2 heterocycles. The zero-order chi connectivity index (χ0) is 44.1. The van der Waals surface area contributed by atoms with Crippen LogP contribution in [-0.2, 0) is 0 Å². The van der Waals surface area contributed by atoms with Gasteiger partial charge in [0, 0.05) is 68.0 Å². The van der Waals surface area contributed by atoms with Gasteiger partial charge in [-0.15, -0.1) is 0 Å². The molecule has 0 radical (unpaired) electrons. The van der Waals surface area contributed by atoms with Gasteiger partial charge in [0.2, 0.25) is 0 Å². The average Bonchev–Trinajstić information content (AvgIpc) is 3.37. The molecule has 0 aromatic heterocycles. The van der Waals surface area contributed by atoms with E-state index in [4.69, 9.17) is 9.47 Å². The van der Waals surface area contributed by atoms with Crippen molar-refractivity contribution in [3.8, 4) is 62.4 Å². The molecule has 66 heavy (non-hydrogen) atoms. The third kappa shape index (κ3) is 6.56. The summed E-state index contributed by atoms with van der Waals surface area (Å²) in [6.07, 6.45) is 5.80. The van der Waals surface area contributed by atoms with Crippen LogP contribution in [0.2, 0.25) is 0 Å². The first-order valence-electron chi connectivity index (χ1n) is 22.0. The van der Waals surface area contributed by atoms with Gasteiger partial charge in [-0.3, -0.25) is 0 Å². The SMILES string of the molecule is C=C/C=C\c1ccc2cc(N(c3ccc4c(c3)Oc3ccc5c6c(ccc-4c36)Oc3cc(N(c4ccccc4)c4ccccc4)ccc3-5)c3ccc(C#N)cc3-c3ccccc3)ccc2c1. The van der Waals surface area contributed by atoms with Gasteiger partial charge >= 0.3 is 0 Å². The van der Waals surface area contributed by atoms with Crippen molar-refractivity contribution in [1.82, 2.24) is 0 Å². The zero-order valence-corrected chi connectivity index (χ0v) is 35.7. The summed E-state index contributed by atoms with van der Waals surface area (Å²) in [5.41, 5.74) is 13.9. The summed E-state index contributed by atoms with van der Waals surface area (Å²) in [4.78, 5) is 4.52. The molecule has 2 aliphatic rings. The first-order chi connectivity index (χ1) is 32.6. The molecule has 0 spiro atoms. The summed E-state index contributed by atoms with van der Waals surface area (Å²) in [7, 11) is 0. The molecule has 5 heteroatoms. The molecule has 5 nitrogen and oxygen atoms in total. The maximum absolute atomic E-state index is 10.1. The molecule has 0 saturated heterocycles. The number of anilines is 6. The van der Waals surface area contributed by atoms with Gasteiger partial charge < -0.3 is 19.3 Å². The van der Waals surface area contributed by atoms with Gasteiger partial charge in [0.05, 0.1) is 17.3 Å². The predicted octanol–water partition coefficient (Wildman–Crippen LogP) is 17.2. The second-order valence-corrected chi connectivity index (χ2v) is 16.5. The van der Waals surface area contributed by atoms with Crippen molar-refractivity contribution in [3.05, 3.63) is 236 Å². The standard InChI is InChI=1S/C61H39N3O2/c1-2-3-13-40-20-22-44-36-47(24-23-43(44)34-40)64(55-31-21-41(39-62)35-54(55)42-14-7-4-8-15-42)49-26-28-51-53-30-32-56-60-52(29-33-57(61(53)60)66-59(51)38-49)50-27-25-48(37-58(50)65-56)63(45-16-9-5-10-17-45)46-18-11-6-12-19-46/h2-38H,1H2/b13-3-. The maximum atomic E-state index is 10.1. The minimum Gasteiger partial charge on any atom is -0.456 e. The summed E-state index contributed by atoms with van der Waals surface area (Å²) in [6, 6.07) is 73.9. The molecule has 0 fully saturated rings. The van der Waals surface area contributed by atoms with Crippen LogP contribution in [0.3, 0.4) is 0 Å². The molecule has 0 N–H and O–H groups in total. The third-order valence-electron chi connectivity index (χ3n) is 12.6. The number of benzene rings is 10. The van der Waals surface area contributed by atoms with Gasteiger partial charge in [0.15, 0.2) is 0 Å². The van der Waals surface area contributed by atoms with Crippen LogP contribution in [-0.4, -0.2) is 0 Å². The summed E-state index contributed by atoms with van der Waals surface area (Å²) in [5.74, 6) is 3.13. The maximum Gasteiger partial charge on any atom is 0.137 e. The molecule has 0 saturated carbocycles. The van der Waals surface area contributed by atoms with E-state index >= 15 is 0 Å². The Morgan fingerprint density at radius 3 is 1.56 bits per heavy atom. The zero-order valence-electron chi connectivity index (χ0n) is 35.7. The van der Waals surface area contributed by atoms with Gasteiger partial charge in [0.1, 0.15) is 23.0 Å². The first-order valence-corrected chi connectivity index (χ1v) is 22.0. The molecule has 0 aliphatic carbocycles. The van der Waals surface area contributed by atoms with Crippen LogP contribution in [0.25, 0.3) is 61.0 Å². The molecule has 10 aromatic rings. The van der Waals surface area contributed by atoms with E-state index < -0.39 is 0 Å². The van der Waals surface area contributed by atoms with Crippen molar-refractivity contribution in [2.75, 3.05) is 9.80 Å². The lowest BCUT2D eigenvalue weighted by molar-refractivity contribution is 0.480. The second kappa shape index (κ2) is 15.9. The Morgan fingerprint density at radius 2 is 0.955 bits per heavy atom. The highest BCUT2D eigenvalue weighted by molar-refractivity contribution is 6.14. The van der Waals surface area contributed by atoms with Crippen LogP contribution in [0, 0.1) is 11.3 Å². The Hall–Kier alpha value is -9.11. The number of nitrogens with zero attached hydrogens (tertiary/aromatic N) is 3. The highest BCUT2D eigenvalue weighted by Gasteiger charge is 2.30. The van der Waals surface area contributed by atoms with Crippen molar-refractivity contribution < 1.29 is 9.47 Å². The minimum absolute atomic E-state index is 0.593. The van der Waals surface area contributed by atoms with Gasteiger partial charge in [-0.1, -0.05) is 110 Å². The number of hydrogen-bond acceptors (Lipinski definition) is 5.